The minimum atomic E-state index is -0.122. The van der Waals surface area contributed by atoms with Crippen molar-refractivity contribution in [3.63, 3.8) is 0 Å². The minimum Gasteiger partial charge on any atom is -0.394 e. The number of likely N-dealkylation sites (tertiary alicyclic amines) is 1. The van der Waals surface area contributed by atoms with Crippen molar-refractivity contribution < 1.29 is 5.11 Å². The van der Waals surface area contributed by atoms with Crippen molar-refractivity contribution >= 4 is 0 Å². The maximum absolute atomic E-state index is 9.57. The van der Waals surface area contributed by atoms with E-state index in [1.807, 2.05) is 0 Å². The van der Waals surface area contributed by atoms with Crippen LogP contribution in [0.4, 0.5) is 0 Å². The Bertz CT molecular complexity index is 257. The molecule has 0 spiro atoms. The monoisotopic (exact) mass is 270 g/mol. The van der Waals surface area contributed by atoms with E-state index in [4.69, 9.17) is 0 Å². The highest BCUT2D eigenvalue weighted by atomic mass is 16.3. The molecule has 0 saturated carbocycles. The van der Waals surface area contributed by atoms with Gasteiger partial charge in [0.05, 0.1) is 6.61 Å². The lowest BCUT2D eigenvalue weighted by molar-refractivity contribution is 0.120. The van der Waals surface area contributed by atoms with E-state index < -0.39 is 0 Å². The van der Waals surface area contributed by atoms with Crippen molar-refractivity contribution in [2.45, 2.75) is 65.5 Å². The van der Waals surface area contributed by atoms with Gasteiger partial charge in [-0.2, -0.15) is 0 Å². The summed E-state index contributed by atoms with van der Waals surface area (Å²) in [4.78, 5) is 2.60. The highest BCUT2D eigenvalue weighted by molar-refractivity contribution is 4.84. The Labute approximate surface area is 119 Å². The number of aliphatic hydroxyl groups is 1. The Morgan fingerprint density at radius 2 is 2.00 bits per heavy atom. The van der Waals surface area contributed by atoms with Crippen LogP contribution in [0.15, 0.2) is 0 Å². The quantitative estimate of drug-likeness (QED) is 0.746. The topological polar surface area (TPSA) is 35.5 Å². The predicted molar refractivity (Wildman–Crippen MR) is 82.4 cm³/mol. The standard InChI is InChI=1S/C16H34N2O/c1-13(2)17-16(5,12-19)8-6-9-18-10-7-14(3)15(4)11-18/h13-15,17,19H,6-12H2,1-5H3. The van der Waals surface area contributed by atoms with Crippen molar-refractivity contribution in [1.82, 2.24) is 10.2 Å². The second-order valence-corrected chi connectivity index (χ2v) is 7.17. The van der Waals surface area contributed by atoms with Crippen molar-refractivity contribution in [3.8, 4) is 0 Å². The van der Waals surface area contributed by atoms with Gasteiger partial charge < -0.3 is 15.3 Å². The Morgan fingerprint density at radius 3 is 2.53 bits per heavy atom. The van der Waals surface area contributed by atoms with E-state index in [1.165, 1.54) is 26.1 Å². The Balaban J connectivity index is 2.29. The molecule has 3 atom stereocenters. The van der Waals surface area contributed by atoms with Crippen LogP contribution in [0.3, 0.4) is 0 Å². The molecule has 3 nitrogen and oxygen atoms in total. The summed E-state index contributed by atoms with van der Waals surface area (Å²) < 4.78 is 0. The maximum atomic E-state index is 9.57. The lowest BCUT2D eigenvalue weighted by Crippen LogP contribution is -2.49. The number of nitrogens with zero attached hydrogens (tertiary/aromatic N) is 1. The lowest BCUT2D eigenvalue weighted by atomic mass is 9.88. The second-order valence-electron chi connectivity index (χ2n) is 7.17. The molecule has 1 fully saturated rings. The van der Waals surface area contributed by atoms with Crippen LogP contribution in [0.25, 0.3) is 0 Å². The molecule has 0 radical (unpaired) electrons. The molecule has 0 bridgehead atoms. The summed E-state index contributed by atoms with van der Waals surface area (Å²) >= 11 is 0. The van der Waals surface area contributed by atoms with Crippen LogP contribution < -0.4 is 5.32 Å². The third kappa shape index (κ3) is 5.80. The summed E-state index contributed by atoms with van der Waals surface area (Å²) in [5, 5.41) is 13.1. The van der Waals surface area contributed by atoms with Crippen LogP contribution in [-0.2, 0) is 0 Å². The summed E-state index contributed by atoms with van der Waals surface area (Å²) in [6.45, 7) is 15.0. The first-order valence-electron chi connectivity index (χ1n) is 7.97. The van der Waals surface area contributed by atoms with Gasteiger partial charge in [0.15, 0.2) is 0 Å². The van der Waals surface area contributed by atoms with Gasteiger partial charge in [-0.3, -0.25) is 0 Å². The number of nitrogens with one attached hydrogen (secondary N) is 1. The molecule has 1 aliphatic rings. The van der Waals surface area contributed by atoms with Crippen molar-refractivity contribution in [2.75, 3.05) is 26.2 Å². The van der Waals surface area contributed by atoms with E-state index >= 15 is 0 Å². The molecular formula is C16H34N2O. The lowest BCUT2D eigenvalue weighted by Gasteiger charge is -2.36. The van der Waals surface area contributed by atoms with Gasteiger partial charge in [0, 0.05) is 18.1 Å². The van der Waals surface area contributed by atoms with Gasteiger partial charge in [0.25, 0.3) is 0 Å². The number of rotatable bonds is 7. The van der Waals surface area contributed by atoms with Crippen molar-refractivity contribution in [1.29, 1.82) is 0 Å². The van der Waals surface area contributed by atoms with Crippen LogP contribution >= 0.6 is 0 Å². The van der Waals surface area contributed by atoms with Gasteiger partial charge in [0.1, 0.15) is 0 Å². The molecule has 0 aromatic rings. The molecule has 1 rings (SSSR count). The number of aliphatic hydroxyl groups excluding tert-OH is 1. The van der Waals surface area contributed by atoms with Crippen molar-refractivity contribution in [2.24, 2.45) is 11.8 Å². The summed E-state index contributed by atoms with van der Waals surface area (Å²) in [5.74, 6) is 1.70. The third-order valence-electron chi connectivity index (χ3n) is 4.61. The van der Waals surface area contributed by atoms with Crippen LogP contribution in [0.5, 0.6) is 0 Å². The molecule has 3 heteroatoms. The van der Waals surface area contributed by atoms with Crippen LogP contribution in [0.1, 0.15) is 53.9 Å². The zero-order valence-corrected chi connectivity index (χ0v) is 13.6. The maximum Gasteiger partial charge on any atom is 0.0610 e. The van der Waals surface area contributed by atoms with E-state index in [-0.39, 0.29) is 12.1 Å². The molecule has 0 aromatic heterocycles. The highest BCUT2D eigenvalue weighted by Gasteiger charge is 2.25. The van der Waals surface area contributed by atoms with Gasteiger partial charge in [-0.25, -0.2) is 0 Å². The van der Waals surface area contributed by atoms with Crippen LogP contribution in [0.2, 0.25) is 0 Å². The van der Waals surface area contributed by atoms with Gasteiger partial charge in [-0.1, -0.05) is 27.7 Å². The van der Waals surface area contributed by atoms with Crippen LogP contribution in [0, 0.1) is 11.8 Å². The largest absolute Gasteiger partial charge is 0.394 e. The van der Waals surface area contributed by atoms with Gasteiger partial charge >= 0.3 is 0 Å². The molecule has 2 N–H and O–H groups in total. The summed E-state index contributed by atoms with van der Waals surface area (Å²) in [6, 6.07) is 0.424. The normalized spacial score (nSPS) is 28.6. The van der Waals surface area contributed by atoms with E-state index in [0.717, 1.165) is 24.7 Å². The molecular weight excluding hydrogens is 236 g/mol. The minimum absolute atomic E-state index is 0.122. The first kappa shape index (κ1) is 16.9. The average molecular weight is 270 g/mol. The summed E-state index contributed by atoms with van der Waals surface area (Å²) in [6.07, 6.45) is 3.54. The molecule has 114 valence electrons. The zero-order chi connectivity index (χ0) is 14.5. The predicted octanol–water partition coefficient (Wildman–Crippen LogP) is 2.49. The molecule has 19 heavy (non-hydrogen) atoms. The summed E-state index contributed by atoms with van der Waals surface area (Å²) in [5.41, 5.74) is -0.122. The van der Waals surface area contributed by atoms with E-state index in [2.05, 4.69) is 44.8 Å². The van der Waals surface area contributed by atoms with E-state index in [1.54, 1.807) is 0 Å². The third-order valence-corrected chi connectivity index (χ3v) is 4.61. The van der Waals surface area contributed by atoms with Gasteiger partial charge in [-0.15, -0.1) is 0 Å². The fraction of sp³-hybridized carbons (Fsp3) is 1.00. The Kier molecular flexibility index (Phi) is 6.78. The first-order valence-corrected chi connectivity index (χ1v) is 7.97. The first-order chi connectivity index (χ1) is 8.86. The van der Waals surface area contributed by atoms with Crippen LogP contribution in [-0.4, -0.2) is 47.8 Å². The summed E-state index contributed by atoms with van der Waals surface area (Å²) in [7, 11) is 0. The molecule has 0 aliphatic carbocycles. The molecule has 3 unspecified atom stereocenters. The second kappa shape index (κ2) is 7.61. The molecule has 0 aromatic carbocycles. The van der Waals surface area contributed by atoms with Gasteiger partial charge in [-0.05, 0) is 51.1 Å². The Hall–Kier alpha value is -0.120. The number of hydrogen-bond acceptors (Lipinski definition) is 3. The SMILES string of the molecule is CC(C)NC(C)(CO)CCCN1CCC(C)C(C)C1. The fourth-order valence-electron chi connectivity index (χ4n) is 3.14. The van der Waals surface area contributed by atoms with E-state index in [0.29, 0.717) is 6.04 Å². The molecule has 1 saturated heterocycles. The highest BCUT2D eigenvalue weighted by Crippen LogP contribution is 2.23. The molecule has 1 heterocycles. The van der Waals surface area contributed by atoms with E-state index in [9.17, 15) is 5.11 Å². The smallest absolute Gasteiger partial charge is 0.0610 e. The molecule has 1 aliphatic heterocycles. The number of piperidine rings is 1. The molecule has 0 amide bonds. The zero-order valence-electron chi connectivity index (χ0n) is 13.6. The Morgan fingerprint density at radius 1 is 1.32 bits per heavy atom. The van der Waals surface area contributed by atoms with Gasteiger partial charge in [0.2, 0.25) is 0 Å². The average Bonchev–Trinajstić information content (AvgIpc) is 2.33. The number of hydrogen-bond donors (Lipinski definition) is 2. The van der Waals surface area contributed by atoms with Crippen molar-refractivity contribution in [3.05, 3.63) is 0 Å². The fourth-order valence-corrected chi connectivity index (χ4v) is 3.14.